The van der Waals surface area contributed by atoms with Crippen molar-refractivity contribution in [3.8, 4) is 12.1 Å². The number of amides is 1. The lowest BCUT2D eigenvalue weighted by atomic mass is 10.3. The number of hydrogen-bond donors (Lipinski definition) is 0. The van der Waals surface area contributed by atoms with Gasteiger partial charge in [0.25, 0.3) is 0 Å². The summed E-state index contributed by atoms with van der Waals surface area (Å²) in [4.78, 5) is 12.2. The van der Waals surface area contributed by atoms with E-state index >= 15 is 0 Å². The normalized spacial score (nSPS) is 7.91. The molecule has 0 aliphatic carbocycles. The highest BCUT2D eigenvalue weighted by atomic mass is 16.2. The summed E-state index contributed by atoms with van der Waals surface area (Å²) in [5, 5.41) is 16.3. The van der Waals surface area contributed by atoms with Gasteiger partial charge in [0, 0.05) is 13.6 Å². The zero-order chi connectivity index (χ0) is 8.69. The predicted molar refractivity (Wildman–Crippen MR) is 38.1 cm³/mol. The van der Waals surface area contributed by atoms with Gasteiger partial charge in [0.1, 0.15) is 6.42 Å². The number of rotatable bonds is 3. The van der Waals surface area contributed by atoms with Crippen LogP contribution in [-0.4, -0.2) is 24.4 Å². The molecule has 58 valence electrons. The van der Waals surface area contributed by atoms with Crippen molar-refractivity contribution in [1.82, 2.24) is 4.90 Å². The Balaban J connectivity index is 3.68. The molecular weight excluding hydrogens is 142 g/mol. The Kier molecular flexibility index (Phi) is 4.51. The van der Waals surface area contributed by atoms with Gasteiger partial charge in [0.05, 0.1) is 18.6 Å². The molecule has 0 N–H and O–H groups in total. The van der Waals surface area contributed by atoms with Gasteiger partial charge in [-0.05, 0) is 0 Å². The molecule has 1 amide bonds. The highest BCUT2D eigenvalue weighted by molar-refractivity contribution is 5.77. The maximum Gasteiger partial charge on any atom is 0.236 e. The highest BCUT2D eigenvalue weighted by Crippen LogP contribution is 1.90. The summed E-state index contributed by atoms with van der Waals surface area (Å²) < 4.78 is 0. The summed E-state index contributed by atoms with van der Waals surface area (Å²) in [6.07, 6.45) is 0.204. The third kappa shape index (κ3) is 3.94. The Hall–Kier alpha value is -1.55. The highest BCUT2D eigenvalue weighted by Gasteiger charge is 2.05. The van der Waals surface area contributed by atoms with E-state index < -0.39 is 0 Å². The second-order valence-corrected chi connectivity index (χ2v) is 2.06. The summed E-state index contributed by atoms with van der Waals surface area (Å²) in [6, 6.07) is 3.67. The second-order valence-electron chi connectivity index (χ2n) is 2.06. The molecule has 0 fully saturated rings. The van der Waals surface area contributed by atoms with Crippen molar-refractivity contribution in [3.63, 3.8) is 0 Å². The fourth-order valence-electron chi connectivity index (χ4n) is 0.545. The van der Waals surface area contributed by atoms with Gasteiger partial charge in [-0.3, -0.25) is 4.79 Å². The summed E-state index contributed by atoms with van der Waals surface area (Å²) in [7, 11) is 1.58. The van der Waals surface area contributed by atoms with Crippen molar-refractivity contribution < 1.29 is 4.79 Å². The maximum atomic E-state index is 10.8. The van der Waals surface area contributed by atoms with Crippen molar-refractivity contribution in [2.24, 2.45) is 0 Å². The van der Waals surface area contributed by atoms with Crippen LogP contribution in [0.3, 0.4) is 0 Å². The van der Waals surface area contributed by atoms with Gasteiger partial charge >= 0.3 is 0 Å². The summed E-state index contributed by atoms with van der Waals surface area (Å²) in [6.45, 7) is 0.400. The van der Waals surface area contributed by atoms with Crippen LogP contribution < -0.4 is 0 Å². The maximum absolute atomic E-state index is 10.8. The number of nitriles is 2. The van der Waals surface area contributed by atoms with E-state index in [1.165, 1.54) is 4.90 Å². The van der Waals surface area contributed by atoms with Gasteiger partial charge in [0.2, 0.25) is 5.91 Å². The fraction of sp³-hybridized carbons (Fsp3) is 0.571. The number of nitrogens with zero attached hydrogens (tertiary/aromatic N) is 3. The van der Waals surface area contributed by atoms with E-state index in [2.05, 4.69) is 0 Å². The number of carbonyl (C=O) groups is 1. The Morgan fingerprint density at radius 3 is 2.55 bits per heavy atom. The zero-order valence-electron chi connectivity index (χ0n) is 6.37. The van der Waals surface area contributed by atoms with Gasteiger partial charge < -0.3 is 4.90 Å². The molecule has 0 spiro atoms. The lowest BCUT2D eigenvalue weighted by Crippen LogP contribution is -2.26. The van der Waals surface area contributed by atoms with E-state index in [4.69, 9.17) is 10.5 Å². The van der Waals surface area contributed by atoms with Crippen LogP contribution in [0.5, 0.6) is 0 Å². The largest absolute Gasteiger partial charge is 0.344 e. The molecule has 0 bridgehead atoms. The van der Waals surface area contributed by atoms with Crippen LogP contribution >= 0.6 is 0 Å². The predicted octanol–water partition coefficient (Wildman–Crippen LogP) is 0.272. The molecule has 4 heteroatoms. The number of hydrogen-bond acceptors (Lipinski definition) is 3. The van der Waals surface area contributed by atoms with E-state index in [-0.39, 0.29) is 12.3 Å². The molecule has 0 saturated heterocycles. The smallest absolute Gasteiger partial charge is 0.236 e. The van der Waals surface area contributed by atoms with E-state index in [1.807, 2.05) is 6.07 Å². The van der Waals surface area contributed by atoms with Crippen LogP contribution in [0.2, 0.25) is 0 Å². The summed E-state index contributed by atoms with van der Waals surface area (Å²) in [5.74, 6) is -0.234. The Labute approximate surface area is 65.6 Å². The van der Waals surface area contributed by atoms with Crippen LogP contribution in [-0.2, 0) is 4.79 Å². The molecule has 0 rings (SSSR count). The van der Waals surface area contributed by atoms with Gasteiger partial charge in [0.15, 0.2) is 0 Å². The Morgan fingerprint density at radius 2 is 2.09 bits per heavy atom. The van der Waals surface area contributed by atoms with Gasteiger partial charge in [-0.25, -0.2) is 0 Å². The third-order valence-electron chi connectivity index (χ3n) is 1.22. The zero-order valence-corrected chi connectivity index (χ0v) is 6.37. The van der Waals surface area contributed by atoms with E-state index in [1.54, 1.807) is 13.1 Å². The van der Waals surface area contributed by atoms with Gasteiger partial charge in [-0.1, -0.05) is 0 Å². The minimum atomic E-state index is -0.234. The van der Waals surface area contributed by atoms with Crippen molar-refractivity contribution >= 4 is 5.91 Å². The van der Waals surface area contributed by atoms with E-state index in [0.29, 0.717) is 13.0 Å². The summed E-state index contributed by atoms with van der Waals surface area (Å²) in [5.41, 5.74) is 0. The fourth-order valence-corrected chi connectivity index (χ4v) is 0.545. The first-order valence-corrected chi connectivity index (χ1v) is 3.20. The minimum absolute atomic E-state index is 0.109. The van der Waals surface area contributed by atoms with E-state index in [9.17, 15) is 4.79 Å². The quantitative estimate of drug-likeness (QED) is 0.581. The average molecular weight is 151 g/mol. The lowest BCUT2D eigenvalue weighted by Gasteiger charge is -2.12. The first-order valence-electron chi connectivity index (χ1n) is 3.20. The molecule has 0 aromatic carbocycles. The monoisotopic (exact) mass is 151 g/mol. The molecule has 4 nitrogen and oxygen atoms in total. The molecule has 0 aromatic heterocycles. The SMILES string of the molecule is CN(CCC#N)C(=O)CC#N. The standard InChI is InChI=1S/C7H9N3O/c1-10(6-2-4-8)7(11)3-5-9/h2-3,6H2,1H3. The molecule has 0 atom stereocenters. The topological polar surface area (TPSA) is 67.9 Å². The molecule has 0 unspecified atom stereocenters. The molecule has 11 heavy (non-hydrogen) atoms. The van der Waals surface area contributed by atoms with Crippen molar-refractivity contribution in [2.75, 3.05) is 13.6 Å². The molecule has 0 saturated carbocycles. The Morgan fingerprint density at radius 1 is 1.45 bits per heavy atom. The van der Waals surface area contributed by atoms with Crippen LogP contribution in [0.15, 0.2) is 0 Å². The van der Waals surface area contributed by atoms with Crippen LogP contribution in [0.4, 0.5) is 0 Å². The average Bonchev–Trinajstić information content (AvgIpc) is 2.00. The van der Waals surface area contributed by atoms with E-state index in [0.717, 1.165) is 0 Å². The third-order valence-corrected chi connectivity index (χ3v) is 1.22. The van der Waals surface area contributed by atoms with Crippen molar-refractivity contribution in [2.45, 2.75) is 12.8 Å². The molecule has 0 radical (unpaired) electrons. The van der Waals surface area contributed by atoms with Crippen LogP contribution in [0.1, 0.15) is 12.8 Å². The second kappa shape index (κ2) is 5.25. The molecule has 0 heterocycles. The van der Waals surface area contributed by atoms with Crippen LogP contribution in [0, 0.1) is 22.7 Å². The van der Waals surface area contributed by atoms with Crippen molar-refractivity contribution in [1.29, 1.82) is 10.5 Å². The first-order chi connectivity index (χ1) is 5.22. The Bertz CT molecular complexity index is 211. The summed E-state index contributed by atoms with van der Waals surface area (Å²) >= 11 is 0. The minimum Gasteiger partial charge on any atom is -0.344 e. The van der Waals surface area contributed by atoms with Gasteiger partial charge in [-0.15, -0.1) is 0 Å². The van der Waals surface area contributed by atoms with Crippen molar-refractivity contribution in [3.05, 3.63) is 0 Å². The lowest BCUT2D eigenvalue weighted by molar-refractivity contribution is -0.128. The van der Waals surface area contributed by atoms with Crippen LogP contribution in [0.25, 0.3) is 0 Å². The first kappa shape index (κ1) is 9.45. The molecule has 0 aromatic rings. The molecular formula is C7H9N3O. The molecule has 0 aliphatic heterocycles. The van der Waals surface area contributed by atoms with Gasteiger partial charge in [-0.2, -0.15) is 10.5 Å². The number of carbonyl (C=O) groups excluding carboxylic acids is 1. The molecule has 0 aliphatic rings.